The van der Waals surface area contributed by atoms with E-state index < -0.39 is 0 Å². The summed E-state index contributed by atoms with van der Waals surface area (Å²) in [6.07, 6.45) is 7.41. The van der Waals surface area contributed by atoms with E-state index >= 15 is 0 Å². The standard InChI is InChI=1S/C15H16N4O/c1-2-3-11-4-6-12(7-5-11)20-15-14-17-8-9-19(14)10-13(16)18-15/h4-10H,2-3,16H2,1H3. The smallest absolute Gasteiger partial charge is 0.265 e. The number of hydrogen-bond donors (Lipinski definition) is 1. The maximum Gasteiger partial charge on any atom is 0.265 e. The zero-order chi connectivity index (χ0) is 13.9. The minimum absolute atomic E-state index is 0.396. The molecule has 0 fully saturated rings. The molecule has 102 valence electrons. The molecule has 20 heavy (non-hydrogen) atoms. The summed E-state index contributed by atoms with van der Waals surface area (Å²) in [5.41, 5.74) is 7.71. The molecule has 0 radical (unpaired) electrons. The van der Waals surface area contributed by atoms with E-state index in [0.717, 1.165) is 18.6 Å². The van der Waals surface area contributed by atoms with Crippen molar-refractivity contribution in [3.05, 3.63) is 48.4 Å². The number of rotatable bonds is 4. The van der Waals surface area contributed by atoms with E-state index in [9.17, 15) is 0 Å². The Hall–Kier alpha value is -2.56. The number of nitrogens with zero attached hydrogens (tertiary/aromatic N) is 3. The van der Waals surface area contributed by atoms with E-state index in [1.54, 1.807) is 16.8 Å². The zero-order valence-electron chi connectivity index (χ0n) is 11.3. The third-order valence-corrected chi connectivity index (χ3v) is 3.04. The molecular weight excluding hydrogens is 252 g/mol. The molecular formula is C15H16N4O. The Morgan fingerprint density at radius 2 is 2.05 bits per heavy atom. The van der Waals surface area contributed by atoms with E-state index in [0.29, 0.717) is 17.3 Å². The number of imidazole rings is 1. The molecule has 0 aliphatic carbocycles. The predicted molar refractivity (Wildman–Crippen MR) is 77.9 cm³/mol. The Balaban J connectivity index is 1.90. The molecule has 0 bridgehead atoms. The summed E-state index contributed by atoms with van der Waals surface area (Å²) in [7, 11) is 0. The van der Waals surface area contributed by atoms with Crippen molar-refractivity contribution in [1.82, 2.24) is 14.4 Å². The highest BCUT2D eigenvalue weighted by molar-refractivity contribution is 5.54. The topological polar surface area (TPSA) is 65.4 Å². The van der Waals surface area contributed by atoms with Gasteiger partial charge < -0.3 is 10.5 Å². The van der Waals surface area contributed by atoms with E-state index in [1.807, 2.05) is 18.3 Å². The molecule has 0 atom stereocenters. The van der Waals surface area contributed by atoms with E-state index in [2.05, 4.69) is 29.0 Å². The van der Waals surface area contributed by atoms with Crippen LogP contribution in [-0.4, -0.2) is 14.4 Å². The molecule has 0 saturated carbocycles. The van der Waals surface area contributed by atoms with Gasteiger partial charge in [0.05, 0.1) is 6.20 Å². The van der Waals surface area contributed by atoms with Crippen molar-refractivity contribution < 1.29 is 4.74 Å². The van der Waals surface area contributed by atoms with Crippen LogP contribution in [0.3, 0.4) is 0 Å². The van der Waals surface area contributed by atoms with E-state index in [1.165, 1.54) is 5.56 Å². The summed E-state index contributed by atoms with van der Waals surface area (Å²) in [4.78, 5) is 8.42. The minimum Gasteiger partial charge on any atom is -0.436 e. The van der Waals surface area contributed by atoms with Gasteiger partial charge in [-0.2, -0.15) is 4.98 Å². The van der Waals surface area contributed by atoms with Crippen molar-refractivity contribution in [2.75, 3.05) is 5.73 Å². The highest BCUT2D eigenvalue weighted by Gasteiger charge is 2.08. The van der Waals surface area contributed by atoms with Crippen LogP contribution in [0, 0.1) is 0 Å². The summed E-state index contributed by atoms with van der Waals surface area (Å²) in [6.45, 7) is 2.16. The summed E-state index contributed by atoms with van der Waals surface area (Å²) in [5, 5.41) is 0. The fraction of sp³-hybridized carbons (Fsp3) is 0.200. The van der Waals surface area contributed by atoms with Gasteiger partial charge in [0.2, 0.25) is 5.65 Å². The number of hydrogen-bond acceptors (Lipinski definition) is 4. The number of nitrogen functional groups attached to an aromatic ring is 1. The zero-order valence-corrected chi connectivity index (χ0v) is 11.3. The van der Waals surface area contributed by atoms with Crippen molar-refractivity contribution >= 4 is 11.5 Å². The van der Waals surface area contributed by atoms with Crippen LogP contribution in [0.4, 0.5) is 5.82 Å². The lowest BCUT2D eigenvalue weighted by atomic mass is 10.1. The molecule has 3 aromatic rings. The van der Waals surface area contributed by atoms with Crippen molar-refractivity contribution in [3.8, 4) is 11.6 Å². The normalized spacial score (nSPS) is 10.8. The second-order valence-corrected chi connectivity index (χ2v) is 4.63. The van der Waals surface area contributed by atoms with Gasteiger partial charge in [-0.15, -0.1) is 0 Å². The van der Waals surface area contributed by atoms with Crippen LogP contribution in [0.15, 0.2) is 42.9 Å². The molecule has 0 amide bonds. The Morgan fingerprint density at radius 1 is 1.25 bits per heavy atom. The van der Waals surface area contributed by atoms with Gasteiger partial charge in [-0.3, -0.25) is 4.40 Å². The first-order valence-electron chi connectivity index (χ1n) is 6.62. The lowest BCUT2D eigenvalue weighted by Gasteiger charge is -2.07. The van der Waals surface area contributed by atoms with Crippen molar-refractivity contribution in [1.29, 1.82) is 0 Å². The van der Waals surface area contributed by atoms with Crippen LogP contribution in [0.2, 0.25) is 0 Å². The lowest BCUT2D eigenvalue weighted by molar-refractivity contribution is 0.465. The summed E-state index contributed by atoms with van der Waals surface area (Å²) in [6, 6.07) is 8.01. The molecule has 2 aromatic heterocycles. The molecule has 2 heterocycles. The van der Waals surface area contributed by atoms with E-state index in [-0.39, 0.29) is 0 Å². The first-order valence-corrected chi connectivity index (χ1v) is 6.62. The van der Waals surface area contributed by atoms with Gasteiger partial charge in [-0.25, -0.2) is 4.98 Å². The quantitative estimate of drug-likeness (QED) is 0.789. The highest BCUT2D eigenvalue weighted by atomic mass is 16.5. The van der Waals surface area contributed by atoms with Crippen molar-refractivity contribution in [2.24, 2.45) is 0 Å². The van der Waals surface area contributed by atoms with Crippen LogP contribution in [0.1, 0.15) is 18.9 Å². The number of fused-ring (bicyclic) bond motifs is 1. The molecule has 0 saturated heterocycles. The van der Waals surface area contributed by atoms with Crippen LogP contribution >= 0.6 is 0 Å². The number of aryl methyl sites for hydroxylation is 1. The molecule has 0 unspecified atom stereocenters. The van der Waals surface area contributed by atoms with Crippen LogP contribution in [0.5, 0.6) is 11.6 Å². The molecule has 3 rings (SSSR count). The SMILES string of the molecule is CCCc1ccc(Oc2nc(N)cn3ccnc23)cc1. The van der Waals surface area contributed by atoms with Gasteiger partial charge >= 0.3 is 0 Å². The van der Waals surface area contributed by atoms with E-state index in [4.69, 9.17) is 10.5 Å². The van der Waals surface area contributed by atoms with Gasteiger partial charge in [0.25, 0.3) is 5.88 Å². The molecule has 5 heteroatoms. The third kappa shape index (κ3) is 2.42. The van der Waals surface area contributed by atoms with Gasteiger partial charge in [-0.1, -0.05) is 25.5 Å². The van der Waals surface area contributed by atoms with Crippen molar-refractivity contribution in [3.63, 3.8) is 0 Å². The van der Waals surface area contributed by atoms with Crippen LogP contribution in [0.25, 0.3) is 5.65 Å². The monoisotopic (exact) mass is 268 g/mol. The van der Waals surface area contributed by atoms with Gasteiger partial charge in [0.1, 0.15) is 11.6 Å². The number of aromatic nitrogens is 3. The van der Waals surface area contributed by atoms with Crippen LogP contribution < -0.4 is 10.5 Å². The average Bonchev–Trinajstić information content (AvgIpc) is 2.89. The molecule has 2 N–H and O–H groups in total. The number of ether oxygens (including phenoxy) is 1. The highest BCUT2D eigenvalue weighted by Crippen LogP contribution is 2.24. The maximum atomic E-state index is 5.79. The van der Waals surface area contributed by atoms with Gasteiger partial charge in [0, 0.05) is 12.4 Å². The maximum absolute atomic E-state index is 5.79. The lowest BCUT2D eigenvalue weighted by Crippen LogP contribution is -1.99. The fourth-order valence-electron chi connectivity index (χ4n) is 2.11. The summed E-state index contributed by atoms with van der Waals surface area (Å²) in [5.74, 6) is 1.54. The molecule has 0 spiro atoms. The molecule has 0 aliphatic heterocycles. The second kappa shape index (κ2) is 5.21. The Bertz CT molecular complexity index is 718. The second-order valence-electron chi connectivity index (χ2n) is 4.63. The minimum atomic E-state index is 0.396. The molecule has 5 nitrogen and oxygen atoms in total. The Morgan fingerprint density at radius 3 is 2.80 bits per heavy atom. The third-order valence-electron chi connectivity index (χ3n) is 3.04. The summed E-state index contributed by atoms with van der Waals surface area (Å²) < 4.78 is 7.58. The average molecular weight is 268 g/mol. The first-order chi connectivity index (χ1) is 9.76. The molecule has 0 aliphatic rings. The predicted octanol–water partition coefficient (Wildman–Crippen LogP) is 3.06. The fourth-order valence-corrected chi connectivity index (χ4v) is 2.11. The first kappa shape index (κ1) is 12.5. The van der Waals surface area contributed by atoms with Gasteiger partial charge in [0.15, 0.2) is 0 Å². The van der Waals surface area contributed by atoms with Gasteiger partial charge in [-0.05, 0) is 24.1 Å². The molecule has 1 aromatic carbocycles. The van der Waals surface area contributed by atoms with Crippen molar-refractivity contribution in [2.45, 2.75) is 19.8 Å². The Kier molecular flexibility index (Phi) is 3.25. The number of anilines is 1. The number of benzene rings is 1. The number of nitrogens with two attached hydrogens (primary N) is 1. The Labute approximate surface area is 117 Å². The largest absolute Gasteiger partial charge is 0.436 e. The van der Waals surface area contributed by atoms with Crippen LogP contribution in [-0.2, 0) is 6.42 Å². The summed E-state index contributed by atoms with van der Waals surface area (Å²) >= 11 is 0.